The largest absolute Gasteiger partial charge is 0.356 e. The van der Waals surface area contributed by atoms with E-state index in [0.717, 1.165) is 81.7 Å². The van der Waals surface area contributed by atoms with Crippen LogP contribution in [0.4, 0.5) is 0 Å². The number of nitrogens with one attached hydrogen (secondary N) is 1. The minimum Gasteiger partial charge on any atom is -0.356 e. The summed E-state index contributed by atoms with van der Waals surface area (Å²) in [6.07, 6.45) is 2.76. The van der Waals surface area contributed by atoms with E-state index in [1.165, 1.54) is 0 Å². The van der Waals surface area contributed by atoms with Gasteiger partial charge in [-0.3, -0.25) is 9.69 Å². The van der Waals surface area contributed by atoms with Crippen LogP contribution in [0, 0.1) is 5.92 Å². The Morgan fingerprint density at radius 1 is 1.16 bits per heavy atom. The molecule has 3 heterocycles. The van der Waals surface area contributed by atoms with E-state index in [4.69, 9.17) is 4.52 Å². The Balaban J connectivity index is 1.14. The van der Waals surface area contributed by atoms with E-state index in [-0.39, 0.29) is 11.8 Å². The van der Waals surface area contributed by atoms with Crippen molar-refractivity contribution in [1.29, 1.82) is 0 Å². The molecule has 1 N–H and O–H groups in total. The molecule has 2 aliphatic heterocycles. The molecule has 0 saturated carbocycles. The van der Waals surface area contributed by atoms with Gasteiger partial charge < -0.3 is 19.6 Å². The number of halogens is 1. The highest BCUT2D eigenvalue weighted by molar-refractivity contribution is 9.10. The van der Waals surface area contributed by atoms with Gasteiger partial charge in [0.2, 0.25) is 17.6 Å². The lowest BCUT2D eigenvalue weighted by molar-refractivity contribution is -0.126. The van der Waals surface area contributed by atoms with Gasteiger partial charge in [-0.15, -0.1) is 0 Å². The van der Waals surface area contributed by atoms with Gasteiger partial charge in [0.25, 0.3) is 0 Å². The number of rotatable bonds is 8. The standard InChI is InChI=1S/C23H33BrN6O2/c1-28-12-14-29(15-13-28)9-3-8-25-23(31)18-6-10-30(11-7-18)17-21-26-22(27-32-21)19-4-2-5-20(24)16-19/h2,4-5,16,18H,3,6-15,17H2,1H3,(H,25,31). The molecule has 0 radical (unpaired) electrons. The average molecular weight is 505 g/mol. The third-order valence-electron chi connectivity index (χ3n) is 6.41. The fourth-order valence-electron chi connectivity index (χ4n) is 4.34. The molecule has 0 bridgehead atoms. The summed E-state index contributed by atoms with van der Waals surface area (Å²) in [4.78, 5) is 24.2. The summed E-state index contributed by atoms with van der Waals surface area (Å²) in [7, 11) is 2.17. The van der Waals surface area contributed by atoms with Gasteiger partial charge in [0.05, 0.1) is 6.54 Å². The highest BCUT2D eigenvalue weighted by Gasteiger charge is 2.26. The van der Waals surface area contributed by atoms with Crippen LogP contribution in [0.25, 0.3) is 11.4 Å². The molecule has 8 nitrogen and oxygen atoms in total. The molecule has 2 saturated heterocycles. The first-order chi connectivity index (χ1) is 15.6. The van der Waals surface area contributed by atoms with Crippen molar-refractivity contribution in [2.75, 3.05) is 59.4 Å². The fraction of sp³-hybridized carbons (Fsp3) is 0.609. The minimum atomic E-state index is 0.106. The first kappa shape index (κ1) is 23.4. The summed E-state index contributed by atoms with van der Waals surface area (Å²) in [5.41, 5.74) is 0.928. The second-order valence-corrected chi connectivity index (χ2v) is 9.78. The number of piperidine rings is 1. The molecule has 0 unspecified atom stereocenters. The Bertz CT molecular complexity index is 875. The van der Waals surface area contributed by atoms with Crippen molar-refractivity contribution in [3.05, 3.63) is 34.6 Å². The van der Waals surface area contributed by atoms with E-state index in [1.54, 1.807) is 0 Å². The number of carbonyl (C=O) groups excluding carboxylic acids is 1. The molecule has 4 rings (SSSR count). The number of likely N-dealkylation sites (N-methyl/N-ethyl adjacent to an activating group) is 1. The zero-order chi connectivity index (χ0) is 22.3. The number of piperazine rings is 1. The number of benzene rings is 1. The van der Waals surface area contributed by atoms with Gasteiger partial charge in [0.15, 0.2) is 0 Å². The number of amides is 1. The molecule has 1 aromatic heterocycles. The van der Waals surface area contributed by atoms with E-state index in [2.05, 4.69) is 53.1 Å². The van der Waals surface area contributed by atoms with Gasteiger partial charge in [-0.25, -0.2) is 0 Å². The molecule has 9 heteroatoms. The molecule has 1 aromatic carbocycles. The van der Waals surface area contributed by atoms with Gasteiger partial charge in [-0.1, -0.05) is 33.2 Å². The Morgan fingerprint density at radius 2 is 1.94 bits per heavy atom. The molecule has 0 aliphatic carbocycles. The molecule has 1 amide bonds. The van der Waals surface area contributed by atoms with Crippen molar-refractivity contribution >= 4 is 21.8 Å². The second-order valence-electron chi connectivity index (χ2n) is 8.86. The number of aromatic nitrogens is 2. The molecule has 32 heavy (non-hydrogen) atoms. The predicted molar refractivity (Wildman–Crippen MR) is 127 cm³/mol. The molecule has 2 fully saturated rings. The number of nitrogens with zero attached hydrogens (tertiary/aromatic N) is 5. The fourth-order valence-corrected chi connectivity index (χ4v) is 4.74. The summed E-state index contributed by atoms with van der Waals surface area (Å²) >= 11 is 3.47. The van der Waals surface area contributed by atoms with Gasteiger partial charge in [0, 0.05) is 48.7 Å². The topological polar surface area (TPSA) is 77.7 Å². The molecule has 0 spiro atoms. The highest BCUT2D eigenvalue weighted by Crippen LogP contribution is 2.22. The molecule has 0 atom stereocenters. The van der Waals surface area contributed by atoms with E-state index < -0.39 is 0 Å². The van der Waals surface area contributed by atoms with Crippen LogP contribution in [0.3, 0.4) is 0 Å². The van der Waals surface area contributed by atoms with Crippen molar-refractivity contribution in [2.45, 2.75) is 25.8 Å². The highest BCUT2D eigenvalue weighted by atomic mass is 79.9. The van der Waals surface area contributed by atoms with Crippen LogP contribution >= 0.6 is 15.9 Å². The third-order valence-corrected chi connectivity index (χ3v) is 6.91. The summed E-state index contributed by atoms with van der Waals surface area (Å²) in [6, 6.07) is 7.87. The van der Waals surface area contributed by atoms with E-state index in [0.29, 0.717) is 18.3 Å². The lowest BCUT2D eigenvalue weighted by Crippen LogP contribution is -2.45. The normalized spacial score (nSPS) is 19.3. The lowest BCUT2D eigenvalue weighted by Gasteiger charge is -2.32. The van der Waals surface area contributed by atoms with E-state index in [1.807, 2.05) is 24.3 Å². The van der Waals surface area contributed by atoms with Crippen LogP contribution in [0.15, 0.2) is 33.3 Å². The quantitative estimate of drug-likeness (QED) is 0.553. The van der Waals surface area contributed by atoms with Crippen LogP contribution in [-0.2, 0) is 11.3 Å². The Morgan fingerprint density at radius 3 is 2.69 bits per heavy atom. The first-order valence-corrected chi connectivity index (χ1v) is 12.4. The van der Waals surface area contributed by atoms with Gasteiger partial charge in [-0.05, 0) is 58.1 Å². The number of hydrogen-bond acceptors (Lipinski definition) is 7. The second kappa shape index (κ2) is 11.4. The van der Waals surface area contributed by atoms with Crippen molar-refractivity contribution in [2.24, 2.45) is 5.92 Å². The van der Waals surface area contributed by atoms with E-state index in [9.17, 15) is 4.79 Å². The maximum atomic E-state index is 12.6. The average Bonchev–Trinajstić information content (AvgIpc) is 3.27. The van der Waals surface area contributed by atoms with E-state index >= 15 is 0 Å². The van der Waals surface area contributed by atoms with Crippen molar-refractivity contribution < 1.29 is 9.32 Å². The van der Waals surface area contributed by atoms with Crippen LogP contribution in [0.5, 0.6) is 0 Å². The minimum absolute atomic E-state index is 0.106. The molecule has 2 aromatic rings. The molecule has 174 valence electrons. The zero-order valence-electron chi connectivity index (χ0n) is 18.8. The van der Waals surface area contributed by atoms with Crippen LogP contribution in [0.2, 0.25) is 0 Å². The number of carbonyl (C=O) groups is 1. The van der Waals surface area contributed by atoms with Gasteiger partial charge in [0.1, 0.15) is 0 Å². The van der Waals surface area contributed by atoms with Crippen LogP contribution in [-0.4, -0.2) is 90.2 Å². The Hall–Kier alpha value is -1.81. The molecular formula is C23H33BrN6O2. The van der Waals surface area contributed by atoms with Crippen molar-refractivity contribution in [3.63, 3.8) is 0 Å². The summed E-state index contributed by atoms with van der Waals surface area (Å²) < 4.78 is 6.44. The summed E-state index contributed by atoms with van der Waals surface area (Å²) in [6.45, 7) is 8.74. The Labute approximate surface area is 198 Å². The SMILES string of the molecule is CN1CCN(CCCNC(=O)C2CCN(Cc3nc(-c4cccc(Br)c4)no3)CC2)CC1. The van der Waals surface area contributed by atoms with Crippen molar-refractivity contribution in [3.8, 4) is 11.4 Å². The summed E-state index contributed by atoms with van der Waals surface area (Å²) in [5.74, 6) is 1.53. The maximum absolute atomic E-state index is 12.6. The Kier molecular flexibility index (Phi) is 8.29. The zero-order valence-corrected chi connectivity index (χ0v) is 20.4. The van der Waals surface area contributed by atoms with Crippen LogP contribution in [0.1, 0.15) is 25.2 Å². The molecule has 2 aliphatic rings. The monoisotopic (exact) mass is 504 g/mol. The lowest BCUT2D eigenvalue weighted by atomic mass is 9.96. The maximum Gasteiger partial charge on any atom is 0.241 e. The van der Waals surface area contributed by atoms with Gasteiger partial charge in [-0.2, -0.15) is 4.98 Å². The number of hydrogen-bond donors (Lipinski definition) is 1. The third kappa shape index (κ3) is 6.60. The van der Waals surface area contributed by atoms with Gasteiger partial charge >= 0.3 is 0 Å². The predicted octanol–water partition coefficient (Wildman–Crippen LogP) is 2.46. The van der Waals surface area contributed by atoms with Crippen LogP contribution < -0.4 is 5.32 Å². The summed E-state index contributed by atoms with van der Waals surface area (Å²) in [5, 5.41) is 7.26. The smallest absolute Gasteiger partial charge is 0.241 e. The molecular weight excluding hydrogens is 472 g/mol. The first-order valence-electron chi connectivity index (χ1n) is 11.6. The van der Waals surface area contributed by atoms with Crippen molar-refractivity contribution in [1.82, 2.24) is 30.2 Å². The number of likely N-dealkylation sites (tertiary alicyclic amines) is 1.